The number of hydrogen-bond donors (Lipinski definition) is 2. The molecule has 2 N–H and O–H groups in total. The number of aryl methyl sites for hydroxylation is 1. The zero-order valence-corrected chi connectivity index (χ0v) is 28.5. The fourth-order valence-corrected chi connectivity index (χ4v) is 8.12. The molecular weight excluding hydrogens is 658 g/mol. The number of fused-ring (bicyclic) bond motifs is 4. The van der Waals surface area contributed by atoms with Gasteiger partial charge in [-0.25, -0.2) is 13.6 Å². The Hall–Kier alpha value is -3.25. The van der Waals surface area contributed by atoms with Crippen LogP contribution < -0.4 is 9.64 Å². The van der Waals surface area contributed by atoms with Gasteiger partial charge in [0, 0.05) is 37.1 Å². The number of carbonyl (C=O) groups is 2. The van der Waals surface area contributed by atoms with Crippen LogP contribution in [0.25, 0.3) is 0 Å². The highest BCUT2D eigenvalue weighted by molar-refractivity contribution is 6.30. The Balaban J connectivity index is 1.38. The van der Waals surface area contributed by atoms with Crippen molar-refractivity contribution in [3.05, 3.63) is 70.3 Å². The number of halogens is 3. The maximum atomic E-state index is 13.3. The minimum atomic E-state index is -2.54. The number of anilines is 1. The van der Waals surface area contributed by atoms with Gasteiger partial charge in [0.15, 0.2) is 5.60 Å². The summed E-state index contributed by atoms with van der Waals surface area (Å²) in [5.41, 5.74) is 0.362. The molecule has 9 nitrogen and oxygen atoms in total. The number of carbonyl (C=O) groups excluding carboxylic acids is 1. The van der Waals surface area contributed by atoms with Gasteiger partial charge < -0.3 is 34.2 Å². The third-order valence-electron chi connectivity index (χ3n) is 10.8. The first-order valence-corrected chi connectivity index (χ1v) is 17.5. The molecule has 1 fully saturated rings. The predicted octanol–water partition coefficient (Wildman–Crippen LogP) is 5.59. The van der Waals surface area contributed by atoms with Gasteiger partial charge in [0.25, 0.3) is 6.43 Å². The monoisotopic (exact) mass is 702 g/mol. The molecular formula is C37H45ClF2N2O7. The van der Waals surface area contributed by atoms with Crippen LogP contribution >= 0.6 is 11.6 Å². The molecule has 0 radical (unpaired) electrons. The molecule has 4 aliphatic rings. The molecule has 0 saturated heterocycles. The molecule has 1 saturated carbocycles. The minimum Gasteiger partial charge on any atom is -0.490 e. The number of nitrogens with zero attached hydrogens (tertiary/aromatic N) is 2. The molecule has 2 heterocycles. The number of hydrogen-bond acceptors (Lipinski definition) is 7. The summed E-state index contributed by atoms with van der Waals surface area (Å²) in [5, 5.41) is 22.6. The van der Waals surface area contributed by atoms with E-state index < -0.39 is 36.9 Å². The van der Waals surface area contributed by atoms with Crippen molar-refractivity contribution in [1.29, 1.82) is 0 Å². The van der Waals surface area contributed by atoms with Crippen LogP contribution in [0.5, 0.6) is 5.75 Å². The van der Waals surface area contributed by atoms with E-state index in [4.69, 9.17) is 25.8 Å². The summed E-state index contributed by atoms with van der Waals surface area (Å²) in [5.74, 6) is -1.08. The van der Waals surface area contributed by atoms with Crippen LogP contribution in [0.15, 0.2) is 48.6 Å². The summed E-state index contributed by atoms with van der Waals surface area (Å²) in [7, 11) is 1.58. The van der Waals surface area contributed by atoms with Gasteiger partial charge in [-0.05, 0) is 91.3 Å². The standard InChI is InChI=1S/C37H45ClF2N2O7/c1-41-14-3-2-6-31(48-16-15-47-21-33(39)40)28-10-7-25(28)20-42-22-36(13-4-5-24-17-27(38)9-11-29(24)36)23-49-32-12-8-26(18-30(32)42)37(46,35(44)45)19-34(41)43/h2,6,8-9,11-12,17-18,25,28,31,33,46H,3-5,7,10,13-16,19-23H2,1H3,(H,44,45)/b6-2-/t25-,28+,31-,36-,37+/m0/s1. The Morgan fingerprint density at radius 2 is 2.02 bits per heavy atom. The van der Waals surface area contributed by atoms with Crippen molar-refractivity contribution in [1.82, 2.24) is 4.90 Å². The van der Waals surface area contributed by atoms with Crippen LogP contribution in [0, 0.1) is 11.8 Å². The summed E-state index contributed by atoms with van der Waals surface area (Å²) >= 11 is 6.42. The van der Waals surface area contributed by atoms with Gasteiger partial charge in [-0.15, -0.1) is 0 Å². The predicted molar refractivity (Wildman–Crippen MR) is 181 cm³/mol. The average Bonchev–Trinajstić information content (AvgIpc) is 3.20. The van der Waals surface area contributed by atoms with E-state index in [1.54, 1.807) is 25.2 Å². The van der Waals surface area contributed by atoms with Crippen molar-refractivity contribution in [2.24, 2.45) is 11.8 Å². The molecule has 2 aliphatic heterocycles. The summed E-state index contributed by atoms with van der Waals surface area (Å²) < 4.78 is 43.2. The molecule has 2 aromatic rings. The van der Waals surface area contributed by atoms with Gasteiger partial charge >= 0.3 is 5.97 Å². The van der Waals surface area contributed by atoms with E-state index in [0.29, 0.717) is 49.1 Å². The fourth-order valence-electron chi connectivity index (χ4n) is 7.92. The Morgan fingerprint density at radius 3 is 2.78 bits per heavy atom. The lowest BCUT2D eigenvalue weighted by molar-refractivity contribution is -0.164. The van der Waals surface area contributed by atoms with Crippen molar-refractivity contribution in [2.75, 3.05) is 58.0 Å². The smallest absolute Gasteiger partial charge is 0.340 e. The number of rotatable bonds is 7. The first kappa shape index (κ1) is 35.6. The van der Waals surface area contributed by atoms with Crippen LogP contribution in [-0.2, 0) is 36.5 Å². The SMILES string of the molecule is CN1CC/C=C\[C@H](OCCOCC(F)F)[C@@H]2CC[C@H]2CN2C[C@@]3(CCCc4cc(Cl)ccc43)COc3ccc(cc32)[C@@](O)(C(=O)O)CC1=O. The molecule has 0 aromatic heterocycles. The Morgan fingerprint density at radius 1 is 1.18 bits per heavy atom. The lowest BCUT2D eigenvalue weighted by Gasteiger charge is -2.46. The van der Waals surface area contributed by atoms with E-state index in [9.17, 15) is 28.6 Å². The second-order valence-electron chi connectivity index (χ2n) is 14.0. The molecule has 266 valence electrons. The van der Waals surface area contributed by atoms with Gasteiger partial charge in [0.1, 0.15) is 12.4 Å². The molecule has 6 rings (SSSR count). The zero-order valence-electron chi connectivity index (χ0n) is 27.8. The quantitative estimate of drug-likeness (QED) is 0.284. The molecule has 2 bridgehead atoms. The number of alkyl halides is 2. The molecule has 2 aromatic carbocycles. The van der Waals surface area contributed by atoms with E-state index in [-0.39, 0.29) is 42.1 Å². The average molecular weight is 703 g/mol. The van der Waals surface area contributed by atoms with Gasteiger partial charge in [0.05, 0.1) is 38.0 Å². The lowest BCUT2D eigenvalue weighted by atomic mass is 9.68. The van der Waals surface area contributed by atoms with E-state index in [0.717, 1.165) is 32.1 Å². The van der Waals surface area contributed by atoms with Gasteiger partial charge in [-0.2, -0.15) is 0 Å². The summed E-state index contributed by atoms with van der Waals surface area (Å²) in [6.45, 7) is 1.53. The number of carboxylic acid groups (broad SMARTS) is 1. The topological polar surface area (TPSA) is 109 Å². The van der Waals surface area contributed by atoms with E-state index in [1.807, 2.05) is 24.3 Å². The number of amides is 1. The highest BCUT2D eigenvalue weighted by Crippen LogP contribution is 2.47. The maximum Gasteiger partial charge on any atom is 0.340 e. The number of benzene rings is 2. The number of aliphatic hydroxyl groups is 1. The number of aliphatic carboxylic acids is 1. The van der Waals surface area contributed by atoms with Gasteiger partial charge in [-0.1, -0.05) is 35.9 Å². The highest BCUT2D eigenvalue weighted by atomic mass is 35.5. The van der Waals surface area contributed by atoms with Crippen molar-refractivity contribution in [3.63, 3.8) is 0 Å². The largest absolute Gasteiger partial charge is 0.490 e. The van der Waals surface area contributed by atoms with Gasteiger partial charge in [0.2, 0.25) is 5.91 Å². The van der Waals surface area contributed by atoms with Crippen molar-refractivity contribution < 1.29 is 42.8 Å². The maximum absolute atomic E-state index is 13.3. The Bertz CT molecular complexity index is 1560. The van der Waals surface area contributed by atoms with E-state index >= 15 is 0 Å². The zero-order chi connectivity index (χ0) is 34.8. The number of carboxylic acids is 1. The van der Waals surface area contributed by atoms with Crippen LogP contribution in [-0.4, -0.2) is 92.6 Å². The van der Waals surface area contributed by atoms with Crippen LogP contribution in [0.2, 0.25) is 5.02 Å². The van der Waals surface area contributed by atoms with E-state index in [1.165, 1.54) is 16.0 Å². The molecule has 49 heavy (non-hydrogen) atoms. The molecule has 1 spiro atoms. The molecule has 1 amide bonds. The third-order valence-corrected chi connectivity index (χ3v) is 11.0. The van der Waals surface area contributed by atoms with Crippen molar-refractivity contribution in [3.8, 4) is 5.75 Å². The lowest BCUT2D eigenvalue weighted by Crippen LogP contribution is -2.50. The molecule has 0 unspecified atom stereocenters. The Labute approximate surface area is 290 Å². The van der Waals surface area contributed by atoms with Crippen molar-refractivity contribution >= 4 is 29.2 Å². The third kappa shape index (κ3) is 7.60. The normalized spacial score (nSPS) is 29.4. The number of ether oxygens (including phenoxy) is 3. The minimum absolute atomic E-state index is 0.0569. The molecule has 2 aliphatic carbocycles. The second kappa shape index (κ2) is 14.9. The summed E-state index contributed by atoms with van der Waals surface area (Å²) in [6.07, 6.45) is 5.60. The fraction of sp³-hybridized carbons (Fsp3) is 0.568. The first-order valence-electron chi connectivity index (χ1n) is 17.1. The van der Waals surface area contributed by atoms with Crippen molar-refractivity contribution in [2.45, 2.75) is 68.5 Å². The first-order chi connectivity index (χ1) is 23.5. The van der Waals surface area contributed by atoms with Crippen LogP contribution in [0.1, 0.15) is 55.2 Å². The molecule has 12 heteroatoms. The summed E-state index contributed by atoms with van der Waals surface area (Å²) in [6, 6.07) is 11.0. The van der Waals surface area contributed by atoms with E-state index in [2.05, 4.69) is 11.0 Å². The summed E-state index contributed by atoms with van der Waals surface area (Å²) in [4.78, 5) is 29.6. The van der Waals surface area contributed by atoms with Crippen LogP contribution in [0.3, 0.4) is 0 Å². The Kier molecular flexibility index (Phi) is 10.8. The van der Waals surface area contributed by atoms with Gasteiger partial charge in [-0.3, -0.25) is 4.79 Å². The second-order valence-corrected chi connectivity index (χ2v) is 14.4. The highest BCUT2D eigenvalue weighted by Gasteiger charge is 2.46. The van der Waals surface area contributed by atoms with Crippen LogP contribution in [0.4, 0.5) is 14.5 Å². The molecule has 5 atom stereocenters.